The summed E-state index contributed by atoms with van der Waals surface area (Å²) in [5, 5.41) is 0. The number of nitrogens with two attached hydrogens (primary N) is 1. The Hall–Kier alpha value is -1.41. The quantitative estimate of drug-likeness (QED) is 0.588. The van der Waals surface area contributed by atoms with E-state index in [1.807, 2.05) is 43.3 Å². The number of carbonyl (C=O) groups is 1. The summed E-state index contributed by atoms with van der Waals surface area (Å²) in [4.78, 5) is 12.0. The number of carbonyl (C=O) groups excluding carboxylic acids is 1. The molecule has 78 valence electrons. The molecular formula is C13H15NO. The van der Waals surface area contributed by atoms with Gasteiger partial charge < -0.3 is 5.73 Å². The second-order valence-electron chi connectivity index (χ2n) is 4.12. The molecule has 2 unspecified atom stereocenters. The highest BCUT2D eigenvalue weighted by Gasteiger charge is 2.23. The van der Waals surface area contributed by atoms with Crippen LogP contribution in [0.1, 0.15) is 22.3 Å². The molecule has 2 heteroatoms. The first-order chi connectivity index (χ1) is 7.16. The number of ketones is 1. The molecule has 0 saturated heterocycles. The molecule has 0 radical (unpaired) electrons. The Bertz CT molecular complexity index is 392. The molecule has 0 fully saturated rings. The molecule has 0 aromatic heterocycles. The molecule has 0 heterocycles. The summed E-state index contributed by atoms with van der Waals surface area (Å²) < 4.78 is 0. The van der Waals surface area contributed by atoms with Crippen LogP contribution in [0.3, 0.4) is 0 Å². The average molecular weight is 201 g/mol. The normalized spacial score (nSPS) is 24.4. The van der Waals surface area contributed by atoms with Gasteiger partial charge in [-0.25, -0.2) is 0 Å². The highest BCUT2D eigenvalue weighted by Crippen LogP contribution is 2.21. The van der Waals surface area contributed by atoms with E-state index in [4.69, 9.17) is 5.73 Å². The molecule has 2 rings (SSSR count). The van der Waals surface area contributed by atoms with E-state index >= 15 is 0 Å². The van der Waals surface area contributed by atoms with Crippen molar-refractivity contribution in [3.05, 3.63) is 47.5 Å². The van der Waals surface area contributed by atoms with E-state index in [2.05, 4.69) is 0 Å². The summed E-state index contributed by atoms with van der Waals surface area (Å²) in [6.07, 6.45) is 4.58. The maximum Gasteiger partial charge on any atom is 0.169 e. The Kier molecular flexibility index (Phi) is 2.69. The van der Waals surface area contributed by atoms with Crippen molar-refractivity contribution in [3.8, 4) is 0 Å². The Morgan fingerprint density at radius 1 is 1.27 bits per heavy atom. The number of allylic oxidation sites excluding steroid dienone is 1. The summed E-state index contributed by atoms with van der Waals surface area (Å²) in [5.74, 6) is 0.155. The molecule has 1 aliphatic carbocycles. The van der Waals surface area contributed by atoms with Crippen molar-refractivity contribution in [1.29, 1.82) is 0 Å². The lowest BCUT2D eigenvalue weighted by molar-refractivity contribution is 0.0943. The summed E-state index contributed by atoms with van der Waals surface area (Å²) in [7, 11) is 0. The average Bonchev–Trinajstić information content (AvgIpc) is 2.65. The van der Waals surface area contributed by atoms with Gasteiger partial charge in [0.25, 0.3) is 0 Å². The van der Waals surface area contributed by atoms with Crippen LogP contribution in [0.15, 0.2) is 36.4 Å². The van der Waals surface area contributed by atoms with Crippen molar-refractivity contribution in [1.82, 2.24) is 0 Å². The minimum atomic E-state index is -0.0253. The van der Waals surface area contributed by atoms with Gasteiger partial charge in [0, 0.05) is 17.5 Å². The SMILES string of the molecule is Cc1ccc(C(=O)C2C=CC(N)C2)cc1. The molecule has 2 nitrogen and oxygen atoms in total. The highest BCUT2D eigenvalue weighted by atomic mass is 16.1. The van der Waals surface area contributed by atoms with E-state index in [1.54, 1.807) is 0 Å². The second kappa shape index (κ2) is 3.99. The van der Waals surface area contributed by atoms with Gasteiger partial charge in [0.15, 0.2) is 5.78 Å². The molecule has 1 aromatic rings. The maximum atomic E-state index is 12.0. The van der Waals surface area contributed by atoms with E-state index in [9.17, 15) is 4.79 Å². The van der Waals surface area contributed by atoms with E-state index in [-0.39, 0.29) is 17.7 Å². The molecular weight excluding hydrogens is 186 g/mol. The third kappa shape index (κ3) is 2.16. The van der Waals surface area contributed by atoms with Crippen molar-refractivity contribution < 1.29 is 4.79 Å². The maximum absolute atomic E-state index is 12.0. The van der Waals surface area contributed by atoms with Crippen LogP contribution in [0.2, 0.25) is 0 Å². The first-order valence-electron chi connectivity index (χ1n) is 5.21. The predicted molar refractivity (Wildman–Crippen MR) is 60.7 cm³/mol. The molecule has 1 aromatic carbocycles. The van der Waals surface area contributed by atoms with Gasteiger partial charge in [0.05, 0.1) is 0 Å². The number of rotatable bonds is 2. The standard InChI is InChI=1S/C13H15NO/c1-9-2-4-10(5-3-9)13(15)11-6-7-12(14)8-11/h2-7,11-12H,8,14H2,1H3. The topological polar surface area (TPSA) is 43.1 Å². The largest absolute Gasteiger partial charge is 0.324 e. The number of hydrogen-bond donors (Lipinski definition) is 1. The summed E-state index contributed by atoms with van der Waals surface area (Å²) in [6, 6.07) is 7.74. The Balaban J connectivity index is 2.15. The molecule has 2 atom stereocenters. The molecule has 2 N–H and O–H groups in total. The predicted octanol–water partition coefficient (Wildman–Crippen LogP) is 2.08. The summed E-state index contributed by atoms with van der Waals surface area (Å²) in [5.41, 5.74) is 7.68. The van der Waals surface area contributed by atoms with E-state index in [0.717, 1.165) is 12.0 Å². The molecule has 0 spiro atoms. The lowest BCUT2D eigenvalue weighted by Gasteiger charge is -2.08. The Morgan fingerprint density at radius 2 is 1.93 bits per heavy atom. The van der Waals surface area contributed by atoms with Gasteiger partial charge in [-0.15, -0.1) is 0 Å². The van der Waals surface area contributed by atoms with Crippen LogP contribution in [0.5, 0.6) is 0 Å². The van der Waals surface area contributed by atoms with Crippen molar-refractivity contribution in [2.75, 3.05) is 0 Å². The van der Waals surface area contributed by atoms with Crippen LogP contribution in [-0.4, -0.2) is 11.8 Å². The molecule has 15 heavy (non-hydrogen) atoms. The van der Waals surface area contributed by atoms with E-state index < -0.39 is 0 Å². The Morgan fingerprint density at radius 3 is 2.47 bits per heavy atom. The fraction of sp³-hybridized carbons (Fsp3) is 0.308. The summed E-state index contributed by atoms with van der Waals surface area (Å²) >= 11 is 0. The highest BCUT2D eigenvalue weighted by molar-refractivity contribution is 5.99. The summed E-state index contributed by atoms with van der Waals surface area (Å²) in [6.45, 7) is 2.01. The molecule has 0 aliphatic heterocycles. The lowest BCUT2D eigenvalue weighted by Crippen LogP contribution is -2.19. The van der Waals surface area contributed by atoms with Gasteiger partial charge in [-0.1, -0.05) is 42.0 Å². The van der Waals surface area contributed by atoms with Crippen molar-refractivity contribution in [3.63, 3.8) is 0 Å². The fourth-order valence-corrected chi connectivity index (χ4v) is 1.85. The number of aryl methyl sites for hydroxylation is 1. The van der Waals surface area contributed by atoms with Crippen LogP contribution in [0, 0.1) is 12.8 Å². The minimum absolute atomic E-state index is 0.0253. The van der Waals surface area contributed by atoms with Crippen molar-refractivity contribution >= 4 is 5.78 Å². The lowest BCUT2D eigenvalue weighted by atomic mass is 9.96. The first kappa shape index (κ1) is 10.1. The van der Waals surface area contributed by atoms with Crippen LogP contribution >= 0.6 is 0 Å². The molecule has 0 saturated carbocycles. The molecule has 1 aliphatic rings. The van der Waals surface area contributed by atoms with Gasteiger partial charge in [0.1, 0.15) is 0 Å². The van der Waals surface area contributed by atoms with E-state index in [0.29, 0.717) is 0 Å². The second-order valence-corrected chi connectivity index (χ2v) is 4.12. The van der Waals surface area contributed by atoms with Crippen LogP contribution in [0.4, 0.5) is 0 Å². The zero-order chi connectivity index (χ0) is 10.8. The van der Waals surface area contributed by atoms with Crippen molar-refractivity contribution in [2.24, 2.45) is 11.7 Å². The number of Topliss-reactive ketones (excluding diaryl/α,β-unsaturated/α-hetero) is 1. The van der Waals surface area contributed by atoms with Gasteiger partial charge in [-0.2, -0.15) is 0 Å². The third-order valence-electron chi connectivity index (χ3n) is 2.79. The van der Waals surface area contributed by atoms with Gasteiger partial charge in [-0.05, 0) is 13.3 Å². The molecule has 0 bridgehead atoms. The molecule has 0 amide bonds. The third-order valence-corrected chi connectivity index (χ3v) is 2.79. The zero-order valence-corrected chi connectivity index (χ0v) is 8.81. The Labute approximate surface area is 89.8 Å². The van der Waals surface area contributed by atoms with Gasteiger partial charge in [0.2, 0.25) is 0 Å². The van der Waals surface area contributed by atoms with Crippen LogP contribution in [-0.2, 0) is 0 Å². The van der Waals surface area contributed by atoms with Gasteiger partial charge in [-0.3, -0.25) is 4.79 Å². The zero-order valence-electron chi connectivity index (χ0n) is 8.81. The van der Waals surface area contributed by atoms with E-state index in [1.165, 1.54) is 5.56 Å². The minimum Gasteiger partial charge on any atom is -0.324 e. The number of hydrogen-bond acceptors (Lipinski definition) is 2. The smallest absolute Gasteiger partial charge is 0.169 e. The van der Waals surface area contributed by atoms with Gasteiger partial charge >= 0.3 is 0 Å². The first-order valence-corrected chi connectivity index (χ1v) is 5.21. The van der Waals surface area contributed by atoms with Crippen LogP contribution in [0.25, 0.3) is 0 Å². The van der Waals surface area contributed by atoms with Crippen LogP contribution < -0.4 is 5.73 Å². The fourth-order valence-electron chi connectivity index (χ4n) is 1.85. The number of benzene rings is 1. The van der Waals surface area contributed by atoms with Crippen molar-refractivity contribution in [2.45, 2.75) is 19.4 Å². The monoisotopic (exact) mass is 201 g/mol.